The van der Waals surface area contributed by atoms with Gasteiger partial charge in [0.2, 0.25) is 0 Å². The highest BCUT2D eigenvalue weighted by Crippen LogP contribution is 2.18. The number of rotatable bonds is 8. The summed E-state index contributed by atoms with van der Waals surface area (Å²) >= 11 is 5.78. The van der Waals surface area contributed by atoms with Crippen LogP contribution in [0.1, 0.15) is 15.9 Å². The van der Waals surface area contributed by atoms with Crippen molar-refractivity contribution in [3.63, 3.8) is 0 Å². The molecule has 30 heavy (non-hydrogen) atoms. The molecule has 0 aliphatic rings. The molecule has 0 heterocycles. The van der Waals surface area contributed by atoms with Gasteiger partial charge >= 0.3 is 12.1 Å². The molecule has 0 spiro atoms. The van der Waals surface area contributed by atoms with Gasteiger partial charge in [0.15, 0.2) is 6.61 Å². The topological polar surface area (TPSA) is 84.5 Å². The molecule has 0 atom stereocenters. The van der Waals surface area contributed by atoms with E-state index in [1.165, 1.54) is 24.3 Å². The van der Waals surface area contributed by atoms with Crippen LogP contribution in [0.5, 0.6) is 0 Å². The van der Waals surface area contributed by atoms with Crippen molar-refractivity contribution in [2.45, 2.75) is 12.7 Å². The molecule has 2 N–H and O–H groups in total. The second kappa shape index (κ2) is 10.4. The van der Waals surface area contributed by atoms with Gasteiger partial charge in [-0.15, -0.1) is 0 Å². The number of amides is 1. The molecule has 0 bridgehead atoms. The Hall–Kier alpha value is -3.33. The summed E-state index contributed by atoms with van der Waals surface area (Å²) in [6.45, 7) is -0.340. The molecule has 0 fully saturated rings. The zero-order chi connectivity index (χ0) is 22.1. The molecular weight excluding hydrogens is 425 g/mol. The Labute approximate surface area is 174 Å². The molecule has 2 aromatic rings. The van der Waals surface area contributed by atoms with E-state index in [1.54, 1.807) is 24.3 Å². The first-order chi connectivity index (χ1) is 14.2. The van der Waals surface area contributed by atoms with Crippen LogP contribution in [-0.2, 0) is 20.9 Å². The Bertz CT molecular complexity index is 944. The van der Waals surface area contributed by atoms with Gasteiger partial charge < -0.3 is 15.4 Å². The third-order valence-corrected chi connectivity index (χ3v) is 3.89. The molecule has 2 aromatic carbocycles. The minimum atomic E-state index is -4.99. The summed E-state index contributed by atoms with van der Waals surface area (Å²) in [5.74, 6) is -3.46. The van der Waals surface area contributed by atoms with E-state index in [0.717, 1.165) is 11.8 Å². The summed E-state index contributed by atoms with van der Waals surface area (Å²) in [5.41, 5.74) is 0.885. The minimum Gasteiger partial charge on any atom is -0.452 e. The number of nitrogens with one attached hydrogen (secondary N) is 2. The number of esters is 1. The monoisotopic (exact) mass is 440 g/mol. The molecule has 0 saturated heterocycles. The number of carbonyl (C=O) groups excluding carboxylic acids is 3. The maximum absolute atomic E-state index is 12.2. The Kier molecular flexibility index (Phi) is 7.99. The lowest BCUT2D eigenvalue weighted by Crippen LogP contribution is -2.28. The number of carbonyl (C=O) groups is 3. The summed E-state index contributed by atoms with van der Waals surface area (Å²) in [7, 11) is 0. The van der Waals surface area contributed by atoms with Gasteiger partial charge in [-0.05, 0) is 29.8 Å². The maximum Gasteiger partial charge on any atom is 0.454 e. The van der Waals surface area contributed by atoms with E-state index in [2.05, 4.69) is 10.6 Å². The van der Waals surface area contributed by atoms with E-state index in [0.29, 0.717) is 11.1 Å². The highest BCUT2D eigenvalue weighted by atomic mass is 35.5. The van der Waals surface area contributed by atoms with Crippen molar-refractivity contribution in [1.29, 1.82) is 0 Å². The molecule has 0 radical (unpaired) electrons. The number of anilines is 1. The lowest BCUT2D eigenvalue weighted by Gasteiger charge is -2.10. The maximum atomic E-state index is 12.2. The van der Waals surface area contributed by atoms with E-state index in [-0.39, 0.29) is 17.8 Å². The number of ether oxygens (including phenoxy) is 1. The molecule has 0 unspecified atom stereocenters. The second-order valence-electron chi connectivity index (χ2n) is 5.86. The largest absolute Gasteiger partial charge is 0.454 e. The number of benzene rings is 2. The number of hydrogen-bond donors (Lipinski definition) is 2. The molecule has 0 aliphatic heterocycles. The first-order valence-corrected chi connectivity index (χ1v) is 8.86. The van der Waals surface area contributed by atoms with Gasteiger partial charge in [-0.2, -0.15) is 13.2 Å². The van der Waals surface area contributed by atoms with Crippen molar-refractivity contribution in [1.82, 2.24) is 5.32 Å². The molecule has 10 heteroatoms. The van der Waals surface area contributed by atoms with Gasteiger partial charge in [0.05, 0.1) is 11.3 Å². The van der Waals surface area contributed by atoms with Crippen LogP contribution in [0.4, 0.5) is 18.9 Å². The third-order valence-electron chi connectivity index (χ3n) is 3.64. The first-order valence-electron chi connectivity index (χ1n) is 8.48. The molecule has 0 saturated carbocycles. The number of ketones is 1. The third kappa shape index (κ3) is 7.25. The van der Waals surface area contributed by atoms with E-state index in [9.17, 15) is 27.6 Å². The highest BCUT2D eigenvalue weighted by molar-refractivity contribution is 6.30. The zero-order valence-electron chi connectivity index (χ0n) is 15.3. The van der Waals surface area contributed by atoms with Crippen LogP contribution in [0.3, 0.4) is 0 Å². The molecule has 158 valence electrons. The number of hydrogen-bond acceptors (Lipinski definition) is 5. The number of alkyl halides is 3. The average Bonchev–Trinajstić information content (AvgIpc) is 2.71. The fraction of sp³-hybridized carbons (Fsp3) is 0.150. The molecule has 2 rings (SSSR count). The Morgan fingerprint density at radius 3 is 2.37 bits per heavy atom. The Balaban J connectivity index is 1.89. The predicted octanol–water partition coefficient (Wildman–Crippen LogP) is 3.87. The van der Waals surface area contributed by atoms with Crippen molar-refractivity contribution >= 4 is 34.9 Å². The van der Waals surface area contributed by atoms with Crippen LogP contribution >= 0.6 is 11.6 Å². The van der Waals surface area contributed by atoms with E-state index in [1.807, 2.05) is 0 Å². The van der Waals surface area contributed by atoms with Crippen molar-refractivity contribution in [3.05, 3.63) is 77.0 Å². The summed E-state index contributed by atoms with van der Waals surface area (Å²) in [5, 5.41) is 5.55. The normalized spacial score (nSPS) is 11.2. The highest BCUT2D eigenvalue weighted by Gasteiger charge is 2.36. The van der Waals surface area contributed by atoms with Gasteiger partial charge in [0.25, 0.3) is 11.7 Å². The minimum absolute atomic E-state index is 0.0212. The quantitative estimate of drug-likeness (QED) is 0.481. The van der Waals surface area contributed by atoms with Gasteiger partial charge in [-0.25, -0.2) is 4.79 Å². The van der Waals surface area contributed by atoms with Gasteiger partial charge in [0, 0.05) is 23.8 Å². The van der Waals surface area contributed by atoms with E-state index < -0.39 is 30.4 Å². The zero-order valence-corrected chi connectivity index (χ0v) is 16.1. The standard InChI is InChI=1S/C20H16ClF3N2O4/c21-14-7-5-13(6-8-14)11-26-18(28)12-30-19(29)15-3-1-2-4-16(15)25-10-9-17(27)20(22,23)24/h1-10,25H,11-12H2,(H,26,28). The average molecular weight is 441 g/mol. The van der Waals surface area contributed by atoms with Crippen LogP contribution in [0.15, 0.2) is 60.8 Å². The lowest BCUT2D eigenvalue weighted by atomic mass is 10.2. The SMILES string of the molecule is O=C(COC(=O)c1ccccc1NC=CC(=O)C(F)(F)F)NCc1ccc(Cl)cc1. The van der Waals surface area contributed by atoms with E-state index >= 15 is 0 Å². The predicted molar refractivity (Wildman–Crippen MR) is 104 cm³/mol. The van der Waals surface area contributed by atoms with Crippen LogP contribution in [0.2, 0.25) is 5.02 Å². The number of halogens is 4. The molecule has 1 amide bonds. The van der Waals surface area contributed by atoms with Crippen molar-refractivity contribution in [3.8, 4) is 0 Å². The molecule has 0 aliphatic carbocycles. The van der Waals surface area contributed by atoms with Crippen LogP contribution in [0.25, 0.3) is 0 Å². The molecule has 6 nitrogen and oxygen atoms in total. The molecular formula is C20H16ClF3N2O4. The molecule has 0 aromatic heterocycles. The van der Waals surface area contributed by atoms with E-state index in [4.69, 9.17) is 16.3 Å². The lowest BCUT2D eigenvalue weighted by molar-refractivity contribution is -0.165. The second-order valence-corrected chi connectivity index (χ2v) is 6.30. The van der Waals surface area contributed by atoms with Crippen molar-refractivity contribution in [2.75, 3.05) is 11.9 Å². The summed E-state index contributed by atoms with van der Waals surface area (Å²) in [6, 6.07) is 12.6. The van der Waals surface area contributed by atoms with Gasteiger partial charge in [0.1, 0.15) is 0 Å². The van der Waals surface area contributed by atoms with Crippen LogP contribution in [-0.4, -0.2) is 30.4 Å². The summed E-state index contributed by atoms with van der Waals surface area (Å²) in [6.07, 6.45) is -3.93. The van der Waals surface area contributed by atoms with Crippen LogP contribution < -0.4 is 10.6 Å². The fourth-order valence-corrected chi connectivity index (χ4v) is 2.28. The van der Waals surface area contributed by atoms with Gasteiger partial charge in [-0.1, -0.05) is 35.9 Å². The van der Waals surface area contributed by atoms with Crippen molar-refractivity contribution < 1.29 is 32.3 Å². The smallest absolute Gasteiger partial charge is 0.452 e. The Morgan fingerprint density at radius 1 is 1.03 bits per heavy atom. The van der Waals surface area contributed by atoms with Crippen LogP contribution in [0, 0.1) is 0 Å². The fourth-order valence-electron chi connectivity index (χ4n) is 2.15. The number of allylic oxidation sites excluding steroid dienone is 1. The summed E-state index contributed by atoms with van der Waals surface area (Å²) < 4.78 is 41.5. The number of para-hydroxylation sites is 1. The summed E-state index contributed by atoms with van der Waals surface area (Å²) in [4.78, 5) is 34.9. The van der Waals surface area contributed by atoms with Gasteiger partial charge in [-0.3, -0.25) is 9.59 Å². The van der Waals surface area contributed by atoms with Crippen molar-refractivity contribution in [2.24, 2.45) is 0 Å². The first kappa shape index (κ1) is 23.0. The Morgan fingerprint density at radius 2 is 1.70 bits per heavy atom.